The fraction of sp³-hybridized carbons (Fsp3) is 0.250. The van der Waals surface area contributed by atoms with E-state index in [0.29, 0.717) is 0 Å². The number of hydrogen-bond donors (Lipinski definition) is 4. The monoisotopic (exact) mass is 611 g/mol. The summed E-state index contributed by atoms with van der Waals surface area (Å²) in [4.78, 5) is 35.2. The van der Waals surface area contributed by atoms with Crippen LogP contribution in [-0.2, 0) is 9.59 Å². The molecular formula is C16H13Br2F6N5O4. The maximum absolute atomic E-state index is 10.6. The van der Waals surface area contributed by atoms with Gasteiger partial charge in [-0.3, -0.25) is 4.98 Å². The van der Waals surface area contributed by atoms with Gasteiger partial charge < -0.3 is 25.1 Å². The van der Waals surface area contributed by atoms with Crippen molar-refractivity contribution in [3.8, 4) is 11.4 Å². The predicted molar refractivity (Wildman–Crippen MR) is 111 cm³/mol. The molecule has 0 fully saturated rings. The largest absolute Gasteiger partial charge is 0.490 e. The van der Waals surface area contributed by atoms with Crippen LogP contribution >= 0.6 is 31.9 Å². The Morgan fingerprint density at radius 3 is 1.85 bits per heavy atom. The number of anilines is 1. The molecule has 0 atom stereocenters. The molecule has 3 aromatic heterocycles. The number of aromatic amines is 2. The second kappa shape index (κ2) is 10.9. The fourth-order valence-electron chi connectivity index (χ4n) is 1.86. The summed E-state index contributed by atoms with van der Waals surface area (Å²) in [5, 5.41) is 14.2. The van der Waals surface area contributed by atoms with Crippen molar-refractivity contribution in [1.82, 2.24) is 19.9 Å². The van der Waals surface area contributed by atoms with Gasteiger partial charge in [0, 0.05) is 20.3 Å². The Kier molecular flexibility index (Phi) is 9.29. The lowest BCUT2D eigenvalue weighted by Crippen LogP contribution is -2.21. The van der Waals surface area contributed by atoms with Crippen LogP contribution in [0.15, 0.2) is 27.4 Å². The van der Waals surface area contributed by atoms with Gasteiger partial charge in [-0.1, -0.05) is 0 Å². The summed E-state index contributed by atoms with van der Waals surface area (Å²) >= 11 is 6.90. The molecule has 3 heterocycles. The maximum Gasteiger partial charge on any atom is 0.490 e. The van der Waals surface area contributed by atoms with E-state index in [0.717, 1.165) is 37.4 Å². The van der Waals surface area contributed by atoms with E-state index in [9.17, 15) is 26.3 Å². The lowest BCUT2D eigenvalue weighted by Gasteiger charge is -2.05. The average Bonchev–Trinajstić information content (AvgIpc) is 3.24. The molecule has 0 spiro atoms. The van der Waals surface area contributed by atoms with Crippen LogP contribution in [0.25, 0.3) is 22.4 Å². The Balaban J connectivity index is 0.000000324. The quantitative estimate of drug-likeness (QED) is 0.305. The van der Waals surface area contributed by atoms with Crippen molar-refractivity contribution in [2.45, 2.75) is 12.4 Å². The highest BCUT2D eigenvalue weighted by Crippen LogP contribution is 2.31. The zero-order chi connectivity index (χ0) is 25.7. The standard InChI is InChI=1S/C12H11Br2N5.2C2HF3O2/c1-19(2)12-17-7-3-4-15-9(10(7)18-12)8-5-6(13)11(14)16-8;2*3-2(4,5)1(6)7/h3-5,16H,1-2H3,(H,17,18);2*(H,6,7). The SMILES string of the molecule is CN(C)c1nc2c(-c3cc(Br)c(Br)[nH]3)nccc2[nH]1.O=C(O)C(F)(F)F.O=C(O)C(F)(F)F. The highest BCUT2D eigenvalue weighted by atomic mass is 79.9. The summed E-state index contributed by atoms with van der Waals surface area (Å²) in [5.74, 6) is -4.70. The normalized spacial score (nSPS) is 11.2. The summed E-state index contributed by atoms with van der Waals surface area (Å²) in [7, 11) is 3.90. The highest BCUT2D eigenvalue weighted by molar-refractivity contribution is 9.13. The number of imidazole rings is 1. The molecule has 4 N–H and O–H groups in total. The Morgan fingerprint density at radius 2 is 1.48 bits per heavy atom. The van der Waals surface area contributed by atoms with Crippen LogP contribution in [0, 0.1) is 0 Å². The van der Waals surface area contributed by atoms with Gasteiger partial charge in [0.1, 0.15) is 11.2 Å². The number of halogens is 8. The first-order chi connectivity index (χ1) is 14.9. The van der Waals surface area contributed by atoms with Gasteiger partial charge in [-0.15, -0.1) is 0 Å². The Bertz CT molecular complexity index is 1080. The molecule has 0 amide bonds. The molecule has 9 nitrogen and oxygen atoms in total. The van der Waals surface area contributed by atoms with Crippen molar-refractivity contribution < 1.29 is 46.1 Å². The molecule has 0 radical (unpaired) electrons. The van der Waals surface area contributed by atoms with Crippen LogP contribution in [0.1, 0.15) is 0 Å². The zero-order valence-corrected chi connectivity index (χ0v) is 19.5. The van der Waals surface area contributed by atoms with Crippen molar-refractivity contribution in [1.29, 1.82) is 0 Å². The predicted octanol–water partition coefficient (Wildman–Crippen LogP) is 4.81. The summed E-state index contributed by atoms with van der Waals surface area (Å²) in [6.07, 6.45) is -8.39. The minimum atomic E-state index is -5.08. The first kappa shape index (κ1) is 28.2. The van der Waals surface area contributed by atoms with Crippen molar-refractivity contribution in [2.75, 3.05) is 19.0 Å². The number of aliphatic carboxylic acids is 2. The van der Waals surface area contributed by atoms with Gasteiger partial charge in [0.15, 0.2) is 0 Å². The number of pyridine rings is 1. The van der Waals surface area contributed by atoms with Gasteiger partial charge in [-0.25, -0.2) is 14.6 Å². The average molecular weight is 613 g/mol. The molecule has 0 bridgehead atoms. The van der Waals surface area contributed by atoms with Crippen LogP contribution in [0.4, 0.5) is 32.3 Å². The van der Waals surface area contributed by atoms with Gasteiger partial charge in [-0.05, 0) is 44.0 Å². The zero-order valence-electron chi connectivity index (χ0n) is 16.3. The highest BCUT2D eigenvalue weighted by Gasteiger charge is 2.38. The number of aromatic nitrogens is 4. The van der Waals surface area contributed by atoms with E-state index in [4.69, 9.17) is 19.8 Å². The first-order valence-corrected chi connectivity index (χ1v) is 9.70. The molecule has 0 aliphatic heterocycles. The minimum Gasteiger partial charge on any atom is -0.475 e. The number of carbonyl (C=O) groups is 2. The smallest absolute Gasteiger partial charge is 0.475 e. The van der Waals surface area contributed by atoms with Crippen LogP contribution in [0.5, 0.6) is 0 Å². The van der Waals surface area contributed by atoms with Gasteiger partial charge in [0.05, 0.1) is 20.3 Å². The fourth-order valence-corrected chi connectivity index (χ4v) is 2.52. The molecule has 33 heavy (non-hydrogen) atoms. The summed E-state index contributed by atoms with van der Waals surface area (Å²) in [6.45, 7) is 0. The second-order valence-electron chi connectivity index (χ2n) is 5.96. The van der Waals surface area contributed by atoms with Crippen molar-refractivity contribution in [2.24, 2.45) is 0 Å². The first-order valence-electron chi connectivity index (χ1n) is 8.11. The lowest BCUT2D eigenvalue weighted by molar-refractivity contribution is -0.193. The van der Waals surface area contributed by atoms with Crippen molar-refractivity contribution in [3.63, 3.8) is 0 Å². The molecule has 182 valence electrons. The number of carboxylic acids is 2. The molecule has 0 aliphatic carbocycles. The molecule has 0 aliphatic rings. The number of H-pyrrole nitrogens is 2. The molecule has 0 saturated heterocycles. The van der Waals surface area contributed by atoms with E-state index in [1.807, 2.05) is 31.1 Å². The molecular weight excluding hydrogens is 600 g/mol. The number of rotatable bonds is 2. The van der Waals surface area contributed by atoms with E-state index >= 15 is 0 Å². The van der Waals surface area contributed by atoms with Gasteiger partial charge >= 0.3 is 24.3 Å². The Morgan fingerprint density at radius 1 is 1.00 bits per heavy atom. The van der Waals surface area contributed by atoms with E-state index in [1.165, 1.54) is 0 Å². The van der Waals surface area contributed by atoms with Crippen molar-refractivity contribution >= 4 is 60.8 Å². The van der Waals surface area contributed by atoms with E-state index in [-0.39, 0.29) is 0 Å². The van der Waals surface area contributed by atoms with Crippen LogP contribution in [-0.4, -0.2) is 68.5 Å². The number of hydrogen-bond acceptors (Lipinski definition) is 5. The molecule has 0 saturated carbocycles. The maximum atomic E-state index is 10.6. The third-order valence-electron chi connectivity index (χ3n) is 3.28. The Labute approximate surface area is 197 Å². The number of nitrogens with one attached hydrogen (secondary N) is 2. The third kappa shape index (κ3) is 8.23. The number of fused-ring (bicyclic) bond motifs is 1. The van der Waals surface area contributed by atoms with Crippen LogP contribution < -0.4 is 4.90 Å². The number of nitrogens with zero attached hydrogens (tertiary/aromatic N) is 3. The van der Waals surface area contributed by atoms with Crippen LogP contribution in [0.3, 0.4) is 0 Å². The minimum absolute atomic E-state index is 0.814. The Hall–Kier alpha value is -2.82. The van der Waals surface area contributed by atoms with Gasteiger partial charge in [0.2, 0.25) is 5.95 Å². The summed E-state index contributed by atoms with van der Waals surface area (Å²) < 4.78 is 65.3. The van der Waals surface area contributed by atoms with Gasteiger partial charge in [0.25, 0.3) is 0 Å². The summed E-state index contributed by atoms with van der Waals surface area (Å²) in [6, 6.07) is 3.90. The van der Waals surface area contributed by atoms with Crippen LogP contribution in [0.2, 0.25) is 0 Å². The lowest BCUT2D eigenvalue weighted by atomic mass is 10.2. The van der Waals surface area contributed by atoms with E-state index in [1.54, 1.807) is 6.20 Å². The molecule has 3 rings (SSSR count). The van der Waals surface area contributed by atoms with Crippen molar-refractivity contribution in [3.05, 3.63) is 27.4 Å². The number of carboxylic acid groups (broad SMARTS) is 2. The summed E-state index contributed by atoms with van der Waals surface area (Å²) in [5.41, 5.74) is 3.57. The van der Waals surface area contributed by atoms with E-state index < -0.39 is 24.3 Å². The molecule has 3 aromatic rings. The molecule has 17 heteroatoms. The molecule has 0 unspecified atom stereocenters. The third-order valence-corrected chi connectivity index (χ3v) is 5.06. The van der Waals surface area contributed by atoms with E-state index in [2.05, 4.69) is 51.8 Å². The van der Waals surface area contributed by atoms with Gasteiger partial charge in [-0.2, -0.15) is 26.3 Å². The number of alkyl halides is 6. The second-order valence-corrected chi connectivity index (χ2v) is 7.61. The topological polar surface area (TPSA) is 135 Å². The molecule has 0 aromatic carbocycles.